The van der Waals surface area contributed by atoms with Gasteiger partial charge in [0, 0.05) is 19.6 Å². The minimum absolute atomic E-state index is 0.0637. The van der Waals surface area contributed by atoms with E-state index >= 15 is 0 Å². The predicted molar refractivity (Wildman–Crippen MR) is 92.5 cm³/mol. The molecule has 0 radical (unpaired) electrons. The first kappa shape index (κ1) is 17.9. The number of amides is 1. The molecule has 0 aliphatic carbocycles. The summed E-state index contributed by atoms with van der Waals surface area (Å²) in [6.45, 7) is 1.41. The maximum Gasteiger partial charge on any atom is 0.339 e. The number of carbonyl (C=O) groups excluding carboxylic acids is 1. The highest BCUT2D eigenvalue weighted by molar-refractivity contribution is 5.91. The van der Waals surface area contributed by atoms with Crippen LogP contribution in [0.25, 0.3) is 0 Å². The van der Waals surface area contributed by atoms with Gasteiger partial charge in [0.05, 0.1) is 7.11 Å². The van der Waals surface area contributed by atoms with Gasteiger partial charge in [-0.05, 0) is 35.4 Å². The van der Waals surface area contributed by atoms with Crippen LogP contribution in [0.5, 0.6) is 5.75 Å². The summed E-state index contributed by atoms with van der Waals surface area (Å²) in [4.78, 5) is 25.7. The first-order valence-corrected chi connectivity index (χ1v) is 8.17. The van der Waals surface area contributed by atoms with Gasteiger partial charge in [-0.25, -0.2) is 9.18 Å². The molecule has 1 saturated heterocycles. The van der Waals surface area contributed by atoms with Crippen LogP contribution in [0.4, 0.5) is 4.39 Å². The van der Waals surface area contributed by atoms with E-state index in [1.807, 2.05) is 4.90 Å². The van der Waals surface area contributed by atoms with Gasteiger partial charge in [-0.3, -0.25) is 9.69 Å². The van der Waals surface area contributed by atoms with E-state index in [1.165, 1.54) is 25.3 Å². The third-order valence-corrected chi connectivity index (χ3v) is 4.36. The molecule has 7 heteroatoms. The Labute approximate surface area is 150 Å². The van der Waals surface area contributed by atoms with Gasteiger partial charge in [0.25, 0.3) is 0 Å². The third-order valence-electron chi connectivity index (χ3n) is 4.36. The molecule has 1 fully saturated rings. The van der Waals surface area contributed by atoms with Crippen LogP contribution in [-0.4, -0.2) is 42.1 Å². The summed E-state index contributed by atoms with van der Waals surface area (Å²) >= 11 is 0. The van der Waals surface area contributed by atoms with Crippen LogP contribution in [0, 0.1) is 5.82 Å². The Morgan fingerprint density at radius 1 is 1.35 bits per heavy atom. The molecule has 2 N–H and O–H groups in total. The Hall–Kier alpha value is -2.93. The van der Waals surface area contributed by atoms with Crippen molar-refractivity contribution in [2.45, 2.75) is 12.6 Å². The molecule has 0 spiro atoms. The number of methoxy groups -OCH3 is 1. The van der Waals surface area contributed by atoms with Crippen LogP contribution in [-0.2, 0) is 11.3 Å². The Kier molecular flexibility index (Phi) is 5.18. The highest BCUT2D eigenvalue weighted by Gasteiger charge is 2.31. The number of carboxylic acid groups (broad SMARTS) is 1. The number of nitrogens with zero attached hydrogens (tertiary/aromatic N) is 1. The molecule has 3 rings (SSSR count). The molecule has 1 aliphatic rings. The van der Waals surface area contributed by atoms with Gasteiger partial charge < -0.3 is 15.2 Å². The number of rotatable bonds is 5. The molecule has 2 aromatic rings. The van der Waals surface area contributed by atoms with E-state index in [-0.39, 0.29) is 17.2 Å². The SMILES string of the molecule is COc1ccc(CN2CCNC(=O)C2c2cccc(F)c2)cc1C(=O)O. The van der Waals surface area contributed by atoms with Crippen LogP contribution in [0.15, 0.2) is 42.5 Å². The number of aromatic carboxylic acids is 1. The molecule has 136 valence electrons. The lowest BCUT2D eigenvalue weighted by Crippen LogP contribution is -2.49. The van der Waals surface area contributed by atoms with Crippen molar-refractivity contribution >= 4 is 11.9 Å². The van der Waals surface area contributed by atoms with E-state index in [0.29, 0.717) is 25.2 Å². The number of halogens is 1. The van der Waals surface area contributed by atoms with Gasteiger partial charge in [-0.2, -0.15) is 0 Å². The predicted octanol–water partition coefficient (Wildman–Crippen LogP) is 2.21. The normalized spacial score (nSPS) is 17.6. The van der Waals surface area contributed by atoms with E-state index in [4.69, 9.17) is 4.74 Å². The molecule has 6 nitrogen and oxygen atoms in total. The Morgan fingerprint density at radius 3 is 2.85 bits per heavy atom. The summed E-state index contributed by atoms with van der Waals surface area (Å²) in [6.07, 6.45) is 0. The van der Waals surface area contributed by atoms with Crippen molar-refractivity contribution in [1.82, 2.24) is 10.2 Å². The van der Waals surface area contributed by atoms with Crippen molar-refractivity contribution in [2.75, 3.05) is 20.2 Å². The van der Waals surface area contributed by atoms with Gasteiger partial charge in [-0.15, -0.1) is 0 Å². The summed E-state index contributed by atoms with van der Waals surface area (Å²) in [5.41, 5.74) is 1.36. The molecule has 1 atom stereocenters. The Bertz CT molecular complexity index is 840. The van der Waals surface area contributed by atoms with E-state index < -0.39 is 17.8 Å². The second-order valence-corrected chi connectivity index (χ2v) is 6.06. The Balaban J connectivity index is 1.90. The van der Waals surface area contributed by atoms with Crippen molar-refractivity contribution in [1.29, 1.82) is 0 Å². The molecule has 1 aliphatic heterocycles. The fraction of sp³-hybridized carbons (Fsp3) is 0.263. The van der Waals surface area contributed by atoms with Gasteiger partial charge in [0.1, 0.15) is 23.2 Å². The highest BCUT2D eigenvalue weighted by atomic mass is 19.1. The summed E-state index contributed by atoms with van der Waals surface area (Å²) in [5, 5.41) is 12.1. The number of nitrogens with one attached hydrogen (secondary N) is 1. The lowest BCUT2D eigenvalue weighted by atomic mass is 10.0. The quantitative estimate of drug-likeness (QED) is 0.857. The molecule has 1 amide bonds. The highest BCUT2D eigenvalue weighted by Crippen LogP contribution is 2.27. The number of carbonyl (C=O) groups is 2. The molecular weight excluding hydrogens is 339 g/mol. The average Bonchev–Trinajstić information content (AvgIpc) is 2.61. The van der Waals surface area contributed by atoms with E-state index in [2.05, 4.69) is 5.32 Å². The topological polar surface area (TPSA) is 78.9 Å². The number of hydrogen-bond donors (Lipinski definition) is 2. The first-order valence-electron chi connectivity index (χ1n) is 8.17. The standard InChI is InChI=1S/C19H19FN2O4/c1-26-16-6-5-12(9-15(16)19(24)25)11-22-8-7-21-18(23)17(22)13-3-2-4-14(20)10-13/h2-6,9-10,17H,7-8,11H2,1H3,(H,21,23)(H,24,25). The van der Waals surface area contributed by atoms with E-state index in [9.17, 15) is 19.1 Å². The van der Waals surface area contributed by atoms with Gasteiger partial charge in [0.2, 0.25) is 5.91 Å². The zero-order valence-electron chi connectivity index (χ0n) is 14.2. The zero-order chi connectivity index (χ0) is 18.7. The molecule has 1 unspecified atom stereocenters. The monoisotopic (exact) mass is 358 g/mol. The zero-order valence-corrected chi connectivity index (χ0v) is 14.2. The van der Waals surface area contributed by atoms with E-state index in [1.54, 1.807) is 24.3 Å². The van der Waals surface area contributed by atoms with Crippen LogP contribution >= 0.6 is 0 Å². The molecule has 26 heavy (non-hydrogen) atoms. The summed E-state index contributed by atoms with van der Waals surface area (Å²) in [6, 6.07) is 10.2. The van der Waals surface area contributed by atoms with Crippen LogP contribution in [0.3, 0.4) is 0 Å². The average molecular weight is 358 g/mol. The first-order chi connectivity index (χ1) is 12.5. The second-order valence-electron chi connectivity index (χ2n) is 6.06. The minimum atomic E-state index is -1.08. The number of carboxylic acids is 1. The summed E-state index contributed by atoms with van der Waals surface area (Å²) in [5.74, 6) is -1.41. The molecule has 0 saturated carbocycles. The number of benzene rings is 2. The maximum atomic E-state index is 13.6. The van der Waals surface area contributed by atoms with Crippen molar-refractivity contribution < 1.29 is 23.8 Å². The largest absolute Gasteiger partial charge is 0.496 e. The number of hydrogen-bond acceptors (Lipinski definition) is 4. The molecule has 1 heterocycles. The lowest BCUT2D eigenvalue weighted by Gasteiger charge is -2.35. The van der Waals surface area contributed by atoms with Crippen molar-refractivity contribution in [3.05, 3.63) is 65.0 Å². The number of ether oxygens (including phenoxy) is 1. The third kappa shape index (κ3) is 3.67. The molecule has 0 aromatic heterocycles. The fourth-order valence-electron chi connectivity index (χ4n) is 3.18. The van der Waals surface area contributed by atoms with Gasteiger partial charge in [0.15, 0.2) is 0 Å². The molecule has 2 aromatic carbocycles. The summed E-state index contributed by atoms with van der Waals surface area (Å²) in [7, 11) is 1.41. The van der Waals surface area contributed by atoms with Crippen LogP contribution in [0.2, 0.25) is 0 Å². The van der Waals surface area contributed by atoms with Crippen molar-refractivity contribution in [2.24, 2.45) is 0 Å². The van der Waals surface area contributed by atoms with Gasteiger partial charge in [-0.1, -0.05) is 18.2 Å². The van der Waals surface area contributed by atoms with Crippen LogP contribution in [0.1, 0.15) is 27.5 Å². The smallest absolute Gasteiger partial charge is 0.339 e. The molecule has 0 bridgehead atoms. The fourth-order valence-corrected chi connectivity index (χ4v) is 3.18. The van der Waals surface area contributed by atoms with Crippen molar-refractivity contribution in [3.63, 3.8) is 0 Å². The van der Waals surface area contributed by atoms with E-state index in [0.717, 1.165) is 5.56 Å². The van der Waals surface area contributed by atoms with Crippen LogP contribution < -0.4 is 10.1 Å². The summed E-state index contributed by atoms with van der Waals surface area (Å²) < 4.78 is 18.7. The Morgan fingerprint density at radius 2 is 2.15 bits per heavy atom. The lowest BCUT2D eigenvalue weighted by molar-refractivity contribution is -0.129. The van der Waals surface area contributed by atoms with Crippen molar-refractivity contribution in [3.8, 4) is 5.75 Å². The maximum absolute atomic E-state index is 13.6. The number of piperazine rings is 1. The van der Waals surface area contributed by atoms with Gasteiger partial charge >= 0.3 is 5.97 Å². The second kappa shape index (κ2) is 7.53. The minimum Gasteiger partial charge on any atom is -0.496 e. The molecular formula is C19H19FN2O4.